The summed E-state index contributed by atoms with van der Waals surface area (Å²) in [4.78, 5) is 23.5. The lowest BCUT2D eigenvalue weighted by Crippen LogP contribution is -2.25. The van der Waals surface area contributed by atoms with E-state index in [1.165, 1.54) is 30.6 Å². The number of aryl methyl sites for hydroxylation is 2. The predicted octanol–water partition coefficient (Wildman–Crippen LogP) is 3.88. The Morgan fingerprint density at radius 3 is 2.61 bits per heavy atom. The van der Waals surface area contributed by atoms with Gasteiger partial charge >= 0.3 is 0 Å². The molecule has 0 aromatic heterocycles. The van der Waals surface area contributed by atoms with Crippen molar-refractivity contribution in [2.75, 3.05) is 0 Å². The van der Waals surface area contributed by atoms with Crippen LogP contribution >= 0.6 is 11.8 Å². The van der Waals surface area contributed by atoms with E-state index < -0.39 is 5.37 Å². The first-order valence-electron chi connectivity index (χ1n) is 8.95. The lowest BCUT2D eigenvalue weighted by atomic mass is 10.1. The molecule has 1 heterocycles. The zero-order chi connectivity index (χ0) is 20.3. The van der Waals surface area contributed by atoms with E-state index in [4.69, 9.17) is 4.74 Å². The average Bonchev–Trinajstić information content (AvgIpc) is 3.05. The van der Waals surface area contributed by atoms with Crippen molar-refractivity contribution in [2.45, 2.75) is 39.7 Å². The van der Waals surface area contributed by atoms with Crippen molar-refractivity contribution in [1.82, 2.24) is 10.3 Å². The van der Waals surface area contributed by atoms with E-state index in [1.807, 2.05) is 56.3 Å². The lowest BCUT2D eigenvalue weighted by molar-refractivity contribution is -0.129. The summed E-state index contributed by atoms with van der Waals surface area (Å²) in [6.45, 7) is 7.34. The van der Waals surface area contributed by atoms with Crippen LogP contribution < -0.4 is 10.1 Å². The van der Waals surface area contributed by atoms with Crippen LogP contribution in [0.4, 0.5) is 0 Å². The molecule has 0 unspecified atom stereocenters. The van der Waals surface area contributed by atoms with Crippen LogP contribution in [0, 0.1) is 13.8 Å². The highest BCUT2D eigenvalue weighted by atomic mass is 32.2. The minimum absolute atomic E-state index is 0.204. The third-order valence-electron chi connectivity index (χ3n) is 4.33. The van der Waals surface area contributed by atoms with Crippen LogP contribution in [0.15, 0.2) is 47.6 Å². The number of ether oxygens (including phenoxy) is 1. The number of hydrazone groups is 1. The number of rotatable bonds is 4. The molecule has 3 rings (SSSR count). The molecule has 146 valence electrons. The van der Waals surface area contributed by atoms with Crippen LogP contribution in [-0.2, 0) is 16.2 Å². The van der Waals surface area contributed by atoms with Gasteiger partial charge in [-0.15, -0.1) is 5.10 Å². The van der Waals surface area contributed by atoms with Gasteiger partial charge in [0.1, 0.15) is 17.7 Å². The van der Waals surface area contributed by atoms with E-state index >= 15 is 0 Å². The Labute approximate surface area is 169 Å². The van der Waals surface area contributed by atoms with Crippen LogP contribution in [0.25, 0.3) is 0 Å². The molecule has 1 aliphatic heterocycles. The smallest absolute Gasteiger partial charge is 0.241 e. The highest BCUT2D eigenvalue weighted by Crippen LogP contribution is 2.43. The summed E-state index contributed by atoms with van der Waals surface area (Å²) >= 11 is 1.32. The van der Waals surface area contributed by atoms with Gasteiger partial charge in [-0.2, -0.15) is 0 Å². The molecule has 0 bridgehead atoms. The summed E-state index contributed by atoms with van der Waals surface area (Å²) in [5.41, 5.74) is 4.16. The van der Waals surface area contributed by atoms with Gasteiger partial charge in [0.25, 0.3) is 0 Å². The van der Waals surface area contributed by atoms with E-state index in [0.29, 0.717) is 17.5 Å². The number of nitrogens with one attached hydrogen (secondary N) is 1. The quantitative estimate of drug-likeness (QED) is 0.850. The van der Waals surface area contributed by atoms with Crippen LogP contribution in [0.3, 0.4) is 0 Å². The summed E-state index contributed by atoms with van der Waals surface area (Å²) in [5.74, 6) is 0.261. The van der Waals surface area contributed by atoms with Crippen LogP contribution in [-0.4, -0.2) is 22.0 Å². The standard InChI is InChI=1S/C21H23N3O3S/c1-13-9-10-19(27-12-17-8-6-5-7-14(17)2)18(11-13)20-24(16(4)26)23-21(28-20)22-15(3)25/h5-11,20H,12H2,1-4H3,(H,22,23,25)/t20-/m1/s1. The van der Waals surface area contributed by atoms with E-state index in [0.717, 1.165) is 22.3 Å². The molecule has 0 aliphatic carbocycles. The largest absolute Gasteiger partial charge is 0.488 e. The number of amides is 2. The third kappa shape index (κ3) is 4.54. The SMILES string of the molecule is CC(=O)NC1=NN(C(C)=O)[C@@H](c2cc(C)ccc2OCc2ccccc2C)S1. The fourth-order valence-corrected chi connectivity index (χ4v) is 4.04. The molecule has 28 heavy (non-hydrogen) atoms. The highest BCUT2D eigenvalue weighted by molar-refractivity contribution is 8.14. The average molecular weight is 398 g/mol. The monoisotopic (exact) mass is 397 g/mol. The Morgan fingerprint density at radius 1 is 1.18 bits per heavy atom. The van der Waals surface area contributed by atoms with Crippen molar-refractivity contribution in [1.29, 1.82) is 0 Å². The molecule has 1 aliphatic rings. The predicted molar refractivity (Wildman–Crippen MR) is 111 cm³/mol. The molecule has 0 fully saturated rings. The van der Waals surface area contributed by atoms with Gasteiger partial charge < -0.3 is 10.1 Å². The van der Waals surface area contributed by atoms with E-state index in [-0.39, 0.29) is 11.8 Å². The number of thioether (sulfide) groups is 1. The van der Waals surface area contributed by atoms with Gasteiger partial charge in [-0.3, -0.25) is 9.59 Å². The molecular formula is C21H23N3O3S. The topological polar surface area (TPSA) is 71.0 Å². The number of nitrogens with zero attached hydrogens (tertiary/aromatic N) is 2. The molecule has 0 saturated heterocycles. The molecule has 6 nitrogen and oxygen atoms in total. The van der Waals surface area contributed by atoms with Gasteiger partial charge in [-0.05, 0) is 37.1 Å². The zero-order valence-electron chi connectivity index (χ0n) is 16.4. The first-order chi connectivity index (χ1) is 13.3. The van der Waals surface area contributed by atoms with Crippen LogP contribution in [0.5, 0.6) is 5.75 Å². The summed E-state index contributed by atoms with van der Waals surface area (Å²) < 4.78 is 6.13. The molecule has 2 aromatic carbocycles. The van der Waals surface area contributed by atoms with Crippen molar-refractivity contribution < 1.29 is 14.3 Å². The first-order valence-corrected chi connectivity index (χ1v) is 9.83. The van der Waals surface area contributed by atoms with Gasteiger partial charge in [-0.1, -0.05) is 47.7 Å². The Morgan fingerprint density at radius 2 is 1.93 bits per heavy atom. The highest BCUT2D eigenvalue weighted by Gasteiger charge is 2.34. The first kappa shape index (κ1) is 19.9. The fourth-order valence-electron chi connectivity index (χ4n) is 2.89. The third-order valence-corrected chi connectivity index (χ3v) is 5.41. The summed E-state index contributed by atoms with van der Waals surface area (Å²) in [7, 11) is 0. The van der Waals surface area contributed by atoms with E-state index in [9.17, 15) is 9.59 Å². The van der Waals surface area contributed by atoms with Gasteiger partial charge in [-0.25, -0.2) is 5.01 Å². The van der Waals surface area contributed by atoms with Crippen molar-refractivity contribution in [3.8, 4) is 5.75 Å². The molecular weight excluding hydrogens is 374 g/mol. The van der Waals surface area contributed by atoms with Crippen molar-refractivity contribution in [3.05, 3.63) is 64.7 Å². The Hall–Kier alpha value is -2.80. The van der Waals surface area contributed by atoms with E-state index in [1.54, 1.807) is 0 Å². The number of amidine groups is 1. The summed E-state index contributed by atoms with van der Waals surface area (Å²) in [5, 5.41) is 8.31. The van der Waals surface area contributed by atoms with Crippen molar-refractivity contribution in [2.24, 2.45) is 5.10 Å². The Balaban J connectivity index is 1.88. The van der Waals surface area contributed by atoms with Crippen molar-refractivity contribution in [3.63, 3.8) is 0 Å². The van der Waals surface area contributed by atoms with Gasteiger partial charge in [0.2, 0.25) is 11.8 Å². The van der Waals surface area contributed by atoms with Crippen molar-refractivity contribution >= 4 is 28.7 Å². The Kier molecular flexibility index (Phi) is 6.04. The minimum atomic E-state index is -0.397. The number of benzene rings is 2. The van der Waals surface area contributed by atoms with Crippen LogP contribution in [0.1, 0.15) is 41.5 Å². The molecule has 0 saturated carbocycles. The molecule has 0 radical (unpaired) electrons. The molecule has 0 spiro atoms. The number of carbonyl (C=O) groups is 2. The van der Waals surface area contributed by atoms with E-state index in [2.05, 4.69) is 10.4 Å². The number of carbonyl (C=O) groups excluding carboxylic acids is 2. The zero-order valence-corrected chi connectivity index (χ0v) is 17.2. The summed E-state index contributed by atoms with van der Waals surface area (Å²) in [6, 6.07) is 14.0. The number of hydrogen-bond acceptors (Lipinski definition) is 5. The molecule has 7 heteroatoms. The van der Waals surface area contributed by atoms with Crippen LogP contribution in [0.2, 0.25) is 0 Å². The normalized spacial score (nSPS) is 15.9. The van der Waals surface area contributed by atoms with Gasteiger partial charge in [0.05, 0.1) is 0 Å². The fraction of sp³-hybridized carbons (Fsp3) is 0.286. The second-order valence-corrected chi connectivity index (χ2v) is 7.75. The lowest BCUT2D eigenvalue weighted by Gasteiger charge is -2.22. The molecule has 2 aromatic rings. The van der Waals surface area contributed by atoms with Gasteiger partial charge in [0.15, 0.2) is 5.17 Å². The Bertz CT molecular complexity index is 942. The molecule has 1 N–H and O–H groups in total. The minimum Gasteiger partial charge on any atom is -0.488 e. The number of hydrogen-bond donors (Lipinski definition) is 1. The second kappa shape index (κ2) is 8.48. The second-order valence-electron chi connectivity index (χ2n) is 6.68. The maximum Gasteiger partial charge on any atom is 0.241 e. The maximum atomic E-state index is 12.1. The van der Waals surface area contributed by atoms with Gasteiger partial charge in [0, 0.05) is 19.4 Å². The molecule has 1 atom stereocenters. The molecule has 2 amide bonds. The summed E-state index contributed by atoms with van der Waals surface area (Å²) in [6.07, 6.45) is 0. The maximum absolute atomic E-state index is 12.1.